The molecule has 0 radical (unpaired) electrons. The zero-order valence-electron chi connectivity index (χ0n) is 17.9. The van der Waals surface area contributed by atoms with Gasteiger partial charge in [0.15, 0.2) is 0 Å². The number of pyridine rings is 1. The summed E-state index contributed by atoms with van der Waals surface area (Å²) in [6.45, 7) is 7.52. The fraction of sp³-hybridized carbons (Fsp3) is 0.375. The van der Waals surface area contributed by atoms with Crippen molar-refractivity contribution in [1.82, 2.24) is 19.2 Å². The molecule has 0 bridgehead atoms. The number of benzene rings is 1. The number of carbonyl (C=O) groups is 1. The molecule has 0 unspecified atom stereocenters. The van der Waals surface area contributed by atoms with Gasteiger partial charge in [0, 0.05) is 37.6 Å². The molecule has 0 saturated heterocycles. The van der Waals surface area contributed by atoms with Crippen LogP contribution >= 0.6 is 0 Å². The van der Waals surface area contributed by atoms with Gasteiger partial charge in [0.25, 0.3) is 11.5 Å². The van der Waals surface area contributed by atoms with E-state index in [1.54, 1.807) is 21.9 Å². The topological polar surface area (TPSA) is 60.1 Å². The molecule has 0 N–H and O–H groups in total. The predicted octanol–water partition coefficient (Wildman–Crippen LogP) is 3.51. The Bertz CT molecular complexity index is 1140. The minimum absolute atomic E-state index is 0.230. The largest absolute Gasteiger partial charge is 0.334 e. The SMILES string of the molecule is CCN(Cc1cnn(CC)c1)C(=O)c1c(C)ccn(-c2cccc3c2CCC3)c1=O. The van der Waals surface area contributed by atoms with E-state index >= 15 is 0 Å². The molecular weight excluding hydrogens is 376 g/mol. The van der Waals surface area contributed by atoms with Gasteiger partial charge in [0.2, 0.25) is 0 Å². The van der Waals surface area contributed by atoms with Crippen molar-refractivity contribution < 1.29 is 4.79 Å². The molecular formula is C24H28N4O2. The second kappa shape index (κ2) is 8.30. The summed E-state index contributed by atoms with van der Waals surface area (Å²) in [4.78, 5) is 28.6. The number of hydrogen-bond acceptors (Lipinski definition) is 3. The van der Waals surface area contributed by atoms with E-state index in [1.807, 2.05) is 49.8 Å². The number of hydrogen-bond donors (Lipinski definition) is 0. The third-order valence-electron chi connectivity index (χ3n) is 5.95. The lowest BCUT2D eigenvalue weighted by molar-refractivity contribution is 0.0749. The van der Waals surface area contributed by atoms with Gasteiger partial charge in [-0.15, -0.1) is 0 Å². The van der Waals surface area contributed by atoms with Crippen LogP contribution in [0.5, 0.6) is 0 Å². The van der Waals surface area contributed by atoms with Gasteiger partial charge in [-0.3, -0.25) is 18.8 Å². The lowest BCUT2D eigenvalue weighted by atomic mass is 10.1. The molecule has 4 rings (SSSR count). The lowest BCUT2D eigenvalue weighted by Gasteiger charge is -2.22. The number of rotatable bonds is 6. The van der Waals surface area contributed by atoms with Gasteiger partial charge in [0.1, 0.15) is 5.56 Å². The van der Waals surface area contributed by atoms with Crippen molar-refractivity contribution in [2.75, 3.05) is 6.54 Å². The van der Waals surface area contributed by atoms with Crippen LogP contribution in [0.1, 0.15) is 52.9 Å². The Morgan fingerprint density at radius 2 is 2.03 bits per heavy atom. The van der Waals surface area contributed by atoms with E-state index in [2.05, 4.69) is 11.2 Å². The van der Waals surface area contributed by atoms with E-state index in [4.69, 9.17) is 0 Å². The smallest absolute Gasteiger partial charge is 0.268 e. The van der Waals surface area contributed by atoms with E-state index in [0.717, 1.165) is 37.1 Å². The molecule has 0 atom stereocenters. The highest BCUT2D eigenvalue weighted by Crippen LogP contribution is 2.27. The second-order valence-corrected chi connectivity index (χ2v) is 7.84. The number of aromatic nitrogens is 3. The third-order valence-corrected chi connectivity index (χ3v) is 5.95. The van der Waals surface area contributed by atoms with E-state index in [1.165, 1.54) is 11.1 Å². The Hall–Kier alpha value is -3.15. The molecule has 1 aliphatic carbocycles. The summed E-state index contributed by atoms with van der Waals surface area (Å²) in [5, 5.41) is 4.29. The molecule has 1 aliphatic rings. The first-order chi connectivity index (χ1) is 14.5. The molecule has 1 aromatic carbocycles. The Morgan fingerprint density at radius 1 is 1.20 bits per heavy atom. The van der Waals surface area contributed by atoms with Crippen molar-refractivity contribution in [2.24, 2.45) is 0 Å². The van der Waals surface area contributed by atoms with Gasteiger partial charge in [0.05, 0.1) is 11.9 Å². The molecule has 0 spiro atoms. The zero-order valence-corrected chi connectivity index (χ0v) is 17.9. The van der Waals surface area contributed by atoms with Crippen LogP contribution in [0.3, 0.4) is 0 Å². The minimum atomic E-state index is -0.247. The summed E-state index contributed by atoms with van der Waals surface area (Å²) < 4.78 is 3.48. The molecule has 6 nitrogen and oxygen atoms in total. The Labute approximate surface area is 176 Å². The Kier molecular flexibility index (Phi) is 5.57. The van der Waals surface area contributed by atoms with Gasteiger partial charge in [-0.2, -0.15) is 5.10 Å². The van der Waals surface area contributed by atoms with Crippen LogP contribution in [-0.2, 0) is 25.9 Å². The maximum atomic E-state index is 13.5. The highest BCUT2D eigenvalue weighted by atomic mass is 16.2. The summed E-state index contributed by atoms with van der Waals surface area (Å²) in [6.07, 6.45) is 8.64. The minimum Gasteiger partial charge on any atom is -0.334 e. The lowest BCUT2D eigenvalue weighted by Crippen LogP contribution is -2.37. The zero-order chi connectivity index (χ0) is 21.3. The number of nitrogens with zero attached hydrogens (tertiary/aromatic N) is 4. The second-order valence-electron chi connectivity index (χ2n) is 7.84. The average molecular weight is 405 g/mol. The first-order valence-corrected chi connectivity index (χ1v) is 10.7. The summed E-state index contributed by atoms with van der Waals surface area (Å²) in [7, 11) is 0. The van der Waals surface area contributed by atoms with Crippen LogP contribution in [0.15, 0.2) is 47.7 Å². The fourth-order valence-corrected chi connectivity index (χ4v) is 4.27. The fourth-order valence-electron chi connectivity index (χ4n) is 4.27. The predicted molar refractivity (Wildman–Crippen MR) is 117 cm³/mol. The summed E-state index contributed by atoms with van der Waals surface area (Å²) in [5.41, 5.74) is 5.09. The molecule has 1 amide bonds. The molecule has 156 valence electrons. The van der Waals surface area contributed by atoms with E-state index in [-0.39, 0.29) is 17.0 Å². The average Bonchev–Trinajstić information content (AvgIpc) is 3.41. The Balaban J connectivity index is 1.72. The van der Waals surface area contributed by atoms with Crippen LogP contribution in [0.2, 0.25) is 0 Å². The van der Waals surface area contributed by atoms with Gasteiger partial charge in [-0.05, 0) is 68.9 Å². The van der Waals surface area contributed by atoms with Crippen molar-refractivity contribution in [3.05, 3.63) is 81.0 Å². The van der Waals surface area contributed by atoms with Crippen molar-refractivity contribution >= 4 is 5.91 Å². The normalized spacial score (nSPS) is 12.8. The molecule has 6 heteroatoms. The first kappa shape index (κ1) is 20.1. The van der Waals surface area contributed by atoms with E-state index in [9.17, 15) is 9.59 Å². The number of carbonyl (C=O) groups excluding carboxylic acids is 1. The van der Waals surface area contributed by atoms with Crippen LogP contribution < -0.4 is 5.56 Å². The van der Waals surface area contributed by atoms with Crippen molar-refractivity contribution in [3.8, 4) is 5.69 Å². The highest BCUT2D eigenvalue weighted by molar-refractivity contribution is 5.95. The van der Waals surface area contributed by atoms with Crippen LogP contribution in [0.25, 0.3) is 5.69 Å². The highest BCUT2D eigenvalue weighted by Gasteiger charge is 2.23. The molecule has 0 saturated carbocycles. The first-order valence-electron chi connectivity index (χ1n) is 10.7. The van der Waals surface area contributed by atoms with Crippen LogP contribution in [0.4, 0.5) is 0 Å². The maximum absolute atomic E-state index is 13.5. The number of fused-ring (bicyclic) bond motifs is 1. The summed E-state index contributed by atoms with van der Waals surface area (Å²) >= 11 is 0. The van der Waals surface area contributed by atoms with Gasteiger partial charge in [-0.1, -0.05) is 12.1 Å². The maximum Gasteiger partial charge on any atom is 0.268 e. The van der Waals surface area contributed by atoms with Gasteiger partial charge >= 0.3 is 0 Å². The number of aryl methyl sites for hydroxylation is 3. The van der Waals surface area contributed by atoms with E-state index in [0.29, 0.717) is 18.7 Å². The third kappa shape index (κ3) is 3.58. The monoisotopic (exact) mass is 404 g/mol. The molecule has 0 fully saturated rings. The van der Waals surface area contributed by atoms with Crippen molar-refractivity contribution in [2.45, 2.75) is 53.1 Å². The molecule has 30 heavy (non-hydrogen) atoms. The quantitative estimate of drug-likeness (QED) is 0.632. The standard InChI is InChI=1S/C24H28N4O2/c1-4-26(15-18-14-25-27(5-2)16-18)23(29)22-17(3)12-13-28(24(22)30)21-11-7-9-19-8-6-10-20(19)21/h7,9,11-14,16H,4-6,8,10,15H2,1-3H3. The van der Waals surface area contributed by atoms with E-state index < -0.39 is 0 Å². The van der Waals surface area contributed by atoms with Crippen LogP contribution in [0, 0.1) is 6.92 Å². The van der Waals surface area contributed by atoms with Gasteiger partial charge in [-0.25, -0.2) is 0 Å². The van der Waals surface area contributed by atoms with Crippen molar-refractivity contribution in [3.63, 3.8) is 0 Å². The molecule has 3 aromatic rings. The molecule has 2 heterocycles. The molecule has 0 aliphatic heterocycles. The van der Waals surface area contributed by atoms with Gasteiger partial charge < -0.3 is 4.90 Å². The molecule has 2 aromatic heterocycles. The van der Waals surface area contributed by atoms with Crippen molar-refractivity contribution in [1.29, 1.82) is 0 Å². The Morgan fingerprint density at radius 3 is 2.77 bits per heavy atom. The summed E-state index contributed by atoms with van der Waals surface area (Å²) in [6, 6.07) is 7.97. The number of amides is 1. The summed E-state index contributed by atoms with van der Waals surface area (Å²) in [5.74, 6) is -0.230. The van der Waals surface area contributed by atoms with Crippen LogP contribution in [-0.4, -0.2) is 31.7 Å².